The Balaban J connectivity index is 0.000000255. The van der Waals surface area contributed by atoms with Crippen LogP contribution in [0.3, 0.4) is 0 Å². The fourth-order valence-corrected chi connectivity index (χ4v) is 9.14. The Kier molecular flexibility index (Phi) is 21.2. The number of alkyl halides is 6. The molecule has 11 nitrogen and oxygen atoms in total. The quantitative estimate of drug-likeness (QED) is 0.0542. The molecule has 2 heterocycles. The van der Waals surface area contributed by atoms with Gasteiger partial charge in [-0.15, -0.1) is 0 Å². The summed E-state index contributed by atoms with van der Waals surface area (Å²) < 4.78 is 80.9. The number of amides is 1. The smallest absolute Gasteiger partial charge is 0.395 e. The van der Waals surface area contributed by atoms with Crippen LogP contribution in [0.2, 0.25) is 10.0 Å². The molecular formula is C52H64Cl2F6N6O5. The van der Waals surface area contributed by atoms with Crippen LogP contribution in [-0.2, 0) is 22.4 Å². The molecule has 0 radical (unpaired) electrons. The van der Waals surface area contributed by atoms with E-state index in [2.05, 4.69) is 20.2 Å². The highest BCUT2D eigenvalue weighted by Crippen LogP contribution is 2.67. The predicted molar refractivity (Wildman–Crippen MR) is 263 cm³/mol. The first-order chi connectivity index (χ1) is 33.3. The molecule has 0 saturated heterocycles. The minimum absolute atomic E-state index is 0.00494. The van der Waals surface area contributed by atoms with Gasteiger partial charge in [0.2, 0.25) is 5.91 Å². The summed E-state index contributed by atoms with van der Waals surface area (Å²) in [4.78, 5) is 58.9. The summed E-state index contributed by atoms with van der Waals surface area (Å²) >= 11 is 12.6. The molecule has 2 unspecified atom stereocenters. The number of aromatic nitrogens is 2. The number of carboxylic acids is 1. The number of halogens is 8. The van der Waals surface area contributed by atoms with Gasteiger partial charge in [0.05, 0.1) is 17.3 Å². The number of pyridine rings is 2. The van der Waals surface area contributed by atoms with Gasteiger partial charge in [0.15, 0.2) is 11.6 Å². The van der Waals surface area contributed by atoms with Crippen molar-refractivity contribution in [3.8, 4) is 0 Å². The Morgan fingerprint density at radius 3 is 1.41 bits per heavy atom. The van der Waals surface area contributed by atoms with Gasteiger partial charge < -0.3 is 26.0 Å². The second-order valence-electron chi connectivity index (χ2n) is 18.6. The van der Waals surface area contributed by atoms with Crippen molar-refractivity contribution >= 4 is 46.6 Å². The normalized spacial score (nSPS) is 16.3. The first-order valence-corrected chi connectivity index (χ1v) is 24.2. The molecule has 0 aliphatic heterocycles. The number of carboxylic acid groups (broad SMARTS) is 1. The molecule has 388 valence electrons. The maximum atomic E-state index is 13.9. The molecule has 2 saturated carbocycles. The van der Waals surface area contributed by atoms with Crippen LogP contribution >= 0.6 is 23.2 Å². The van der Waals surface area contributed by atoms with Crippen molar-refractivity contribution in [3.05, 3.63) is 129 Å². The molecule has 4 atom stereocenters. The molecule has 1 amide bonds. The fourth-order valence-electron chi connectivity index (χ4n) is 8.62. The first-order valence-electron chi connectivity index (χ1n) is 23.4. The predicted octanol–water partition coefficient (Wildman–Crippen LogP) is 10.8. The van der Waals surface area contributed by atoms with Gasteiger partial charge in [0, 0.05) is 102 Å². The van der Waals surface area contributed by atoms with E-state index in [9.17, 15) is 45.5 Å². The van der Waals surface area contributed by atoms with E-state index in [0.717, 1.165) is 17.5 Å². The van der Waals surface area contributed by atoms with Crippen LogP contribution in [0.4, 0.5) is 26.3 Å². The summed E-state index contributed by atoms with van der Waals surface area (Å²) in [6, 6.07) is 17.1. The third kappa shape index (κ3) is 15.8. The lowest BCUT2D eigenvalue weighted by molar-refractivity contribution is -0.196. The number of nitrogens with two attached hydrogens (primary N) is 1. The van der Waals surface area contributed by atoms with Crippen LogP contribution in [0.15, 0.2) is 85.5 Å². The molecule has 6 rings (SSSR count). The molecule has 2 fully saturated rings. The van der Waals surface area contributed by atoms with Crippen molar-refractivity contribution in [2.24, 2.45) is 16.6 Å². The third-order valence-corrected chi connectivity index (χ3v) is 14.3. The number of rotatable bonds is 21. The zero-order chi connectivity index (χ0) is 52.9. The topological polar surface area (TPSA) is 159 Å². The maximum absolute atomic E-state index is 13.9. The SMILES string of the molecule is CCC(=O)c1ccc(C[C@@H](CN)N(C)C)c(Cl)c1.CCC(=O)c1ccc(C[C@@H](CNC(=O)CC(c2cccnc2)C2(C(F)(F)F)CC2)N(C)C)c(Cl)c1.O=C(O)CC(c1cccnc1)C1(C(F)(F)F)CC1. The van der Waals surface area contributed by atoms with Gasteiger partial charge in [-0.05, 0) is 113 Å². The second kappa shape index (κ2) is 25.6. The van der Waals surface area contributed by atoms with Crippen molar-refractivity contribution in [3.63, 3.8) is 0 Å². The van der Waals surface area contributed by atoms with E-state index < -0.39 is 53.3 Å². The lowest BCUT2D eigenvalue weighted by atomic mass is 9.80. The minimum atomic E-state index is -4.39. The Hall–Kier alpha value is -4.94. The number of carbonyl (C=O) groups is 4. The van der Waals surface area contributed by atoms with E-state index in [1.54, 1.807) is 37.3 Å². The molecule has 71 heavy (non-hydrogen) atoms. The maximum Gasteiger partial charge on any atom is 0.395 e. The molecule has 0 spiro atoms. The van der Waals surface area contributed by atoms with E-state index in [0.29, 0.717) is 58.1 Å². The Morgan fingerprint density at radius 2 is 1.10 bits per heavy atom. The molecule has 4 N–H and O–H groups in total. The first kappa shape index (κ1) is 58.6. The van der Waals surface area contributed by atoms with Gasteiger partial charge in [-0.1, -0.05) is 73.4 Å². The highest BCUT2D eigenvalue weighted by atomic mass is 35.5. The van der Waals surface area contributed by atoms with E-state index in [4.69, 9.17) is 34.0 Å². The molecule has 2 aliphatic carbocycles. The van der Waals surface area contributed by atoms with Crippen molar-refractivity contribution in [1.82, 2.24) is 25.1 Å². The number of hydrogen-bond donors (Lipinski definition) is 3. The van der Waals surface area contributed by atoms with Crippen molar-refractivity contribution in [2.75, 3.05) is 41.3 Å². The summed E-state index contributed by atoms with van der Waals surface area (Å²) in [7, 11) is 7.73. The average molecular weight is 1040 g/mol. The number of nitrogens with one attached hydrogen (secondary N) is 1. The second-order valence-corrected chi connectivity index (χ2v) is 19.5. The number of hydrogen-bond acceptors (Lipinski definition) is 9. The molecule has 2 aromatic heterocycles. The lowest BCUT2D eigenvalue weighted by Crippen LogP contribution is -2.42. The van der Waals surface area contributed by atoms with Crippen LogP contribution < -0.4 is 11.1 Å². The molecule has 4 aromatic rings. The van der Waals surface area contributed by atoms with Gasteiger partial charge >= 0.3 is 18.3 Å². The Morgan fingerprint density at radius 1 is 0.690 bits per heavy atom. The fraction of sp³-hybridized carbons (Fsp3) is 0.500. The van der Waals surface area contributed by atoms with Crippen molar-refractivity contribution in [1.29, 1.82) is 0 Å². The number of nitrogens with zero attached hydrogens (tertiary/aromatic N) is 4. The Labute approximate surface area is 421 Å². The summed E-state index contributed by atoms with van der Waals surface area (Å²) in [6.07, 6.45) is -1.66. The van der Waals surface area contributed by atoms with E-state index in [-0.39, 0.29) is 62.3 Å². The van der Waals surface area contributed by atoms with Gasteiger partial charge in [0.1, 0.15) is 0 Å². The van der Waals surface area contributed by atoms with Crippen LogP contribution in [0.5, 0.6) is 0 Å². The molecular weight excluding hydrogens is 974 g/mol. The largest absolute Gasteiger partial charge is 0.481 e. The van der Waals surface area contributed by atoms with E-state index >= 15 is 0 Å². The molecule has 0 bridgehead atoms. The molecule has 2 aromatic carbocycles. The average Bonchev–Trinajstić information content (AvgIpc) is 4.27. The summed E-state index contributed by atoms with van der Waals surface area (Å²) in [5.41, 5.74) is 5.84. The minimum Gasteiger partial charge on any atom is -0.481 e. The van der Waals surface area contributed by atoms with Crippen molar-refractivity contribution < 1.29 is 50.6 Å². The zero-order valence-corrected chi connectivity index (χ0v) is 42.4. The summed E-state index contributed by atoms with van der Waals surface area (Å²) in [6.45, 7) is 4.46. The van der Waals surface area contributed by atoms with E-state index in [1.807, 2.05) is 58.2 Å². The number of aliphatic carboxylic acids is 1. The van der Waals surface area contributed by atoms with Gasteiger partial charge in [-0.3, -0.25) is 29.1 Å². The molecule has 19 heteroatoms. The van der Waals surface area contributed by atoms with Gasteiger partial charge in [0.25, 0.3) is 0 Å². The summed E-state index contributed by atoms with van der Waals surface area (Å²) in [5, 5.41) is 12.8. The van der Waals surface area contributed by atoms with Crippen LogP contribution in [-0.4, -0.2) is 114 Å². The number of carbonyl (C=O) groups excluding carboxylic acids is 3. The standard InChI is InChI=1S/C26H31ClF3N3O2.C14H21ClN2O.C12H12F3NO2/c1-4-23(34)18-8-7-17(22(27)13-18)12-20(33(2)3)16-32-24(35)14-21(19-6-5-11-31-15-19)25(9-10-25)26(28,29)30;1-4-14(18)11-6-5-10(13(15)8-11)7-12(9-16)17(2)3;13-12(14,15)11(3-4-11)9(6-10(17)18)8-2-1-5-16-7-8/h5-8,11,13,15,20-21H,4,9-10,12,14,16H2,1-3H3,(H,32,35);5-6,8,12H,4,7,9,16H2,1-3H3;1-2,5,7,9H,3-4,6H2,(H,17,18)/t20-,21?;12-;/m00./s1. The van der Waals surface area contributed by atoms with Gasteiger partial charge in [-0.2, -0.15) is 26.3 Å². The van der Waals surface area contributed by atoms with Crippen LogP contribution in [0, 0.1) is 10.8 Å². The zero-order valence-electron chi connectivity index (χ0n) is 40.8. The van der Waals surface area contributed by atoms with Crippen molar-refractivity contribution in [2.45, 2.75) is 114 Å². The number of likely N-dealkylation sites (N-methyl/N-ethyl adjacent to an activating group) is 2. The van der Waals surface area contributed by atoms with Crippen LogP contribution in [0.25, 0.3) is 0 Å². The Bertz CT molecular complexity index is 2400. The summed E-state index contributed by atoms with van der Waals surface area (Å²) in [5.74, 6) is -3.57. The lowest BCUT2D eigenvalue weighted by Gasteiger charge is -2.30. The number of benzene rings is 2. The monoisotopic (exact) mass is 1040 g/mol. The van der Waals surface area contributed by atoms with Crippen LogP contribution in [0.1, 0.15) is 120 Å². The number of Topliss-reactive ketones (excluding diaryl/α,β-unsaturated/α-hetero) is 2. The highest BCUT2D eigenvalue weighted by molar-refractivity contribution is 6.32. The third-order valence-electron chi connectivity index (χ3n) is 13.6. The van der Waals surface area contributed by atoms with Gasteiger partial charge in [-0.25, -0.2) is 0 Å². The number of ketones is 2. The van der Waals surface area contributed by atoms with E-state index in [1.165, 1.54) is 36.9 Å². The molecule has 2 aliphatic rings. The highest BCUT2D eigenvalue weighted by Gasteiger charge is 2.68.